The van der Waals surface area contributed by atoms with Crippen LogP contribution in [-0.4, -0.2) is 5.91 Å². The molecule has 0 saturated heterocycles. The molecule has 0 unspecified atom stereocenters. The number of rotatable bonds is 3. The van der Waals surface area contributed by atoms with Gasteiger partial charge in [-0.25, -0.2) is 0 Å². The Bertz CT molecular complexity index is 613. The van der Waals surface area contributed by atoms with Crippen LogP contribution in [0, 0.1) is 0 Å². The Balaban J connectivity index is 2.26. The van der Waals surface area contributed by atoms with E-state index >= 15 is 0 Å². The third-order valence-electron chi connectivity index (χ3n) is 2.82. The maximum Gasteiger partial charge on any atom is 0.256 e. The first-order chi connectivity index (χ1) is 9.11. The van der Waals surface area contributed by atoms with Crippen LogP contribution in [0.25, 0.3) is 0 Å². The minimum Gasteiger partial charge on any atom is -0.322 e. The molecule has 1 amide bonds. The van der Waals surface area contributed by atoms with E-state index in [1.165, 1.54) is 0 Å². The summed E-state index contributed by atoms with van der Waals surface area (Å²) >= 11 is 9.22. The highest BCUT2D eigenvalue weighted by Gasteiger charge is 2.11. The lowest BCUT2D eigenvalue weighted by Crippen LogP contribution is -2.13. The number of para-hydroxylation sites is 1. The fourth-order valence-electron chi connectivity index (χ4n) is 1.81. The smallest absolute Gasteiger partial charge is 0.256 e. The van der Waals surface area contributed by atoms with Crippen molar-refractivity contribution in [1.29, 1.82) is 0 Å². The Morgan fingerprint density at radius 2 is 2.00 bits per heavy atom. The Hall–Kier alpha value is -1.32. The van der Waals surface area contributed by atoms with E-state index in [9.17, 15) is 4.79 Å². The Morgan fingerprint density at radius 1 is 1.26 bits per heavy atom. The van der Waals surface area contributed by atoms with E-state index in [1.54, 1.807) is 18.2 Å². The molecule has 0 aromatic heterocycles. The van der Waals surface area contributed by atoms with Crippen LogP contribution in [0.2, 0.25) is 5.02 Å². The van der Waals surface area contributed by atoms with Gasteiger partial charge in [-0.05, 0) is 52.2 Å². The summed E-state index contributed by atoms with van der Waals surface area (Å²) in [5.74, 6) is -0.149. The van der Waals surface area contributed by atoms with Crippen LogP contribution in [0.1, 0.15) is 22.8 Å². The molecule has 0 bridgehead atoms. The summed E-state index contributed by atoms with van der Waals surface area (Å²) in [6.07, 6.45) is 0.873. The second-order valence-electron chi connectivity index (χ2n) is 4.09. The van der Waals surface area contributed by atoms with Gasteiger partial charge in [-0.3, -0.25) is 4.79 Å². The van der Waals surface area contributed by atoms with Crippen LogP contribution in [0.5, 0.6) is 0 Å². The zero-order valence-corrected chi connectivity index (χ0v) is 12.8. The molecule has 2 aromatic carbocycles. The minimum absolute atomic E-state index is 0.149. The maximum atomic E-state index is 12.2. The topological polar surface area (TPSA) is 29.1 Å². The van der Waals surface area contributed by atoms with Crippen LogP contribution in [-0.2, 0) is 6.42 Å². The summed E-state index contributed by atoms with van der Waals surface area (Å²) in [4.78, 5) is 12.2. The van der Waals surface area contributed by atoms with Crippen molar-refractivity contribution in [2.24, 2.45) is 0 Å². The number of nitrogens with one attached hydrogen (secondary N) is 1. The van der Waals surface area contributed by atoms with Crippen molar-refractivity contribution in [1.82, 2.24) is 0 Å². The van der Waals surface area contributed by atoms with E-state index in [0.717, 1.165) is 17.7 Å². The Labute approximate surface area is 125 Å². The number of halogens is 2. The second-order valence-corrected chi connectivity index (χ2v) is 5.38. The molecular formula is C15H13BrClNO. The van der Waals surface area contributed by atoms with Gasteiger partial charge < -0.3 is 5.32 Å². The minimum atomic E-state index is -0.149. The molecule has 0 saturated carbocycles. The molecule has 0 radical (unpaired) electrons. The van der Waals surface area contributed by atoms with Gasteiger partial charge in [0, 0.05) is 15.2 Å². The van der Waals surface area contributed by atoms with Crippen molar-refractivity contribution in [3.8, 4) is 0 Å². The van der Waals surface area contributed by atoms with Crippen molar-refractivity contribution in [2.45, 2.75) is 13.3 Å². The average molecular weight is 339 g/mol. The van der Waals surface area contributed by atoms with Gasteiger partial charge in [0.1, 0.15) is 0 Å². The van der Waals surface area contributed by atoms with Gasteiger partial charge in [0.05, 0.1) is 5.56 Å². The van der Waals surface area contributed by atoms with E-state index in [4.69, 9.17) is 11.6 Å². The molecule has 2 aromatic rings. The predicted octanol–water partition coefficient (Wildman–Crippen LogP) is 4.92. The summed E-state index contributed by atoms with van der Waals surface area (Å²) in [5, 5.41) is 3.52. The van der Waals surface area contributed by atoms with Crippen LogP contribution in [0.15, 0.2) is 46.9 Å². The highest BCUT2D eigenvalue weighted by atomic mass is 79.9. The van der Waals surface area contributed by atoms with Crippen molar-refractivity contribution in [2.75, 3.05) is 5.32 Å². The van der Waals surface area contributed by atoms with Gasteiger partial charge >= 0.3 is 0 Å². The molecular weight excluding hydrogens is 326 g/mol. The molecule has 0 aliphatic heterocycles. The van der Waals surface area contributed by atoms with Gasteiger partial charge in [-0.15, -0.1) is 0 Å². The highest BCUT2D eigenvalue weighted by Crippen LogP contribution is 2.23. The van der Waals surface area contributed by atoms with E-state index in [2.05, 4.69) is 28.2 Å². The maximum absolute atomic E-state index is 12.2. The lowest BCUT2D eigenvalue weighted by Gasteiger charge is -2.10. The number of anilines is 1. The van der Waals surface area contributed by atoms with Crippen molar-refractivity contribution in [3.05, 3.63) is 63.1 Å². The lowest BCUT2D eigenvalue weighted by atomic mass is 10.1. The first-order valence-electron chi connectivity index (χ1n) is 5.96. The lowest BCUT2D eigenvalue weighted by molar-refractivity contribution is 0.102. The third-order valence-corrected chi connectivity index (χ3v) is 3.71. The Morgan fingerprint density at radius 3 is 2.68 bits per heavy atom. The first-order valence-corrected chi connectivity index (χ1v) is 7.13. The highest BCUT2D eigenvalue weighted by molar-refractivity contribution is 9.10. The summed E-state index contributed by atoms with van der Waals surface area (Å²) in [5.41, 5.74) is 2.52. The molecule has 0 aliphatic rings. The quantitative estimate of drug-likeness (QED) is 0.846. The molecule has 4 heteroatoms. The number of carbonyl (C=O) groups excluding carboxylic acids is 1. The molecule has 0 fully saturated rings. The van der Waals surface area contributed by atoms with Crippen LogP contribution >= 0.6 is 27.5 Å². The standard InChI is InChI=1S/C15H13BrClNO/c1-2-10-5-3-4-6-14(10)18-15(19)12-8-7-11(17)9-13(12)16/h3-9H,2H2,1H3,(H,18,19). The number of carbonyl (C=O) groups is 1. The van der Waals surface area contributed by atoms with Crippen LogP contribution < -0.4 is 5.32 Å². The van der Waals surface area contributed by atoms with E-state index in [0.29, 0.717) is 15.1 Å². The van der Waals surface area contributed by atoms with Gasteiger partial charge in [-0.2, -0.15) is 0 Å². The molecule has 98 valence electrons. The number of aryl methyl sites for hydroxylation is 1. The van der Waals surface area contributed by atoms with E-state index in [1.807, 2.05) is 24.3 Å². The summed E-state index contributed by atoms with van der Waals surface area (Å²) in [6, 6.07) is 12.9. The number of hydrogen-bond acceptors (Lipinski definition) is 1. The van der Waals surface area contributed by atoms with Gasteiger partial charge in [-0.1, -0.05) is 36.7 Å². The van der Waals surface area contributed by atoms with E-state index < -0.39 is 0 Å². The molecule has 0 spiro atoms. The van der Waals surface area contributed by atoms with Crippen LogP contribution in [0.4, 0.5) is 5.69 Å². The monoisotopic (exact) mass is 337 g/mol. The molecule has 2 rings (SSSR count). The normalized spacial score (nSPS) is 10.3. The summed E-state index contributed by atoms with van der Waals surface area (Å²) < 4.78 is 0.687. The van der Waals surface area contributed by atoms with Gasteiger partial charge in [0.15, 0.2) is 0 Å². The van der Waals surface area contributed by atoms with Gasteiger partial charge in [0.25, 0.3) is 5.91 Å². The number of benzene rings is 2. The number of amides is 1. The fraction of sp³-hybridized carbons (Fsp3) is 0.133. The largest absolute Gasteiger partial charge is 0.322 e. The van der Waals surface area contributed by atoms with Gasteiger partial charge in [0.2, 0.25) is 0 Å². The summed E-state index contributed by atoms with van der Waals surface area (Å²) in [6.45, 7) is 2.06. The van der Waals surface area contributed by atoms with E-state index in [-0.39, 0.29) is 5.91 Å². The van der Waals surface area contributed by atoms with Crippen LogP contribution in [0.3, 0.4) is 0 Å². The SMILES string of the molecule is CCc1ccccc1NC(=O)c1ccc(Cl)cc1Br. The predicted molar refractivity (Wildman–Crippen MR) is 82.9 cm³/mol. The molecule has 2 nitrogen and oxygen atoms in total. The molecule has 0 heterocycles. The molecule has 1 N–H and O–H groups in total. The molecule has 0 aliphatic carbocycles. The van der Waals surface area contributed by atoms with Crippen molar-refractivity contribution in [3.63, 3.8) is 0 Å². The fourth-order valence-corrected chi connectivity index (χ4v) is 2.68. The summed E-state index contributed by atoms with van der Waals surface area (Å²) in [7, 11) is 0. The number of hydrogen-bond donors (Lipinski definition) is 1. The van der Waals surface area contributed by atoms with Crippen molar-refractivity contribution < 1.29 is 4.79 Å². The third kappa shape index (κ3) is 3.37. The first kappa shape index (κ1) is 14.1. The zero-order valence-electron chi connectivity index (χ0n) is 10.4. The Kier molecular flexibility index (Phi) is 4.61. The molecule has 0 atom stereocenters. The van der Waals surface area contributed by atoms with Crippen molar-refractivity contribution >= 4 is 39.1 Å². The zero-order chi connectivity index (χ0) is 13.8. The average Bonchev–Trinajstić information content (AvgIpc) is 2.39. The molecule has 19 heavy (non-hydrogen) atoms. The second kappa shape index (κ2) is 6.22.